The number of anilines is 1. The van der Waals surface area contributed by atoms with Crippen LogP contribution in [0.5, 0.6) is 0 Å². The van der Waals surface area contributed by atoms with Gasteiger partial charge in [-0.3, -0.25) is 15.6 Å². The highest BCUT2D eigenvalue weighted by molar-refractivity contribution is 6.05. The van der Waals surface area contributed by atoms with Crippen LogP contribution in [0.15, 0.2) is 79.0 Å². The fourth-order valence-electron chi connectivity index (χ4n) is 2.42. The molecule has 1 heterocycles. The van der Waals surface area contributed by atoms with Gasteiger partial charge in [0.05, 0.1) is 0 Å². The highest BCUT2D eigenvalue weighted by Gasteiger charge is 2.11. The predicted molar refractivity (Wildman–Crippen MR) is 104 cm³/mol. The lowest BCUT2D eigenvalue weighted by atomic mass is 10.1. The topological polar surface area (TPSA) is 98.9 Å². The van der Waals surface area contributed by atoms with Crippen molar-refractivity contribution in [3.05, 3.63) is 95.7 Å². The first kappa shape index (κ1) is 18.0. The molecule has 134 valence electrons. The lowest BCUT2D eigenvalue weighted by Crippen LogP contribution is -2.16. The summed E-state index contributed by atoms with van der Waals surface area (Å²) in [6.45, 7) is 0. The van der Waals surface area contributed by atoms with Crippen molar-refractivity contribution in [2.75, 3.05) is 5.32 Å². The Kier molecular flexibility index (Phi) is 5.69. The van der Waals surface area contributed by atoms with Gasteiger partial charge < -0.3 is 10.1 Å². The van der Waals surface area contributed by atoms with Crippen LogP contribution in [0.2, 0.25) is 0 Å². The van der Waals surface area contributed by atoms with Crippen molar-refractivity contribution >= 4 is 23.5 Å². The Labute approximate surface area is 156 Å². The zero-order valence-corrected chi connectivity index (χ0v) is 14.5. The van der Waals surface area contributed by atoms with E-state index in [9.17, 15) is 4.79 Å². The third kappa shape index (κ3) is 5.09. The monoisotopic (exact) mass is 358 g/mol. The summed E-state index contributed by atoms with van der Waals surface area (Å²) in [6.07, 6.45) is 1.78. The van der Waals surface area contributed by atoms with E-state index in [1.165, 1.54) is 6.20 Å². The zero-order chi connectivity index (χ0) is 19.1. The molecule has 3 rings (SSSR count). The lowest BCUT2D eigenvalue weighted by molar-refractivity contribution is 0.102. The van der Waals surface area contributed by atoms with Gasteiger partial charge in [0.25, 0.3) is 5.91 Å². The normalized spacial score (nSPS) is 10.1. The second kappa shape index (κ2) is 8.53. The van der Waals surface area contributed by atoms with Crippen LogP contribution in [-0.2, 0) is 11.2 Å². The summed E-state index contributed by atoms with van der Waals surface area (Å²) in [7, 11) is 0. The molecular formula is C21H18N4O2. The number of nitrogens with zero attached hydrogens (tertiary/aromatic N) is 1. The maximum Gasteiger partial charge on any atom is 0.256 e. The van der Waals surface area contributed by atoms with Crippen molar-refractivity contribution in [3.63, 3.8) is 0 Å². The van der Waals surface area contributed by atoms with Gasteiger partial charge in [-0.1, -0.05) is 48.5 Å². The molecule has 27 heavy (non-hydrogen) atoms. The molecule has 0 spiro atoms. The van der Waals surface area contributed by atoms with Crippen molar-refractivity contribution in [1.82, 2.24) is 4.98 Å². The van der Waals surface area contributed by atoms with Gasteiger partial charge >= 0.3 is 0 Å². The molecule has 2 aromatic carbocycles. The van der Waals surface area contributed by atoms with E-state index in [0.29, 0.717) is 23.4 Å². The number of amides is 1. The minimum atomic E-state index is -0.287. The summed E-state index contributed by atoms with van der Waals surface area (Å²) in [5.74, 6) is -0.180. The number of carbonyl (C=O) groups excluding carboxylic acids is 1. The van der Waals surface area contributed by atoms with Crippen molar-refractivity contribution in [1.29, 1.82) is 10.8 Å². The van der Waals surface area contributed by atoms with Gasteiger partial charge in [0.1, 0.15) is 5.82 Å². The number of aromatic nitrogens is 1. The fraction of sp³-hybridized carbons (Fsp3) is 0.0476. The molecule has 0 aliphatic heterocycles. The SMILES string of the molecule is N=C(Cc1ccccc1)OC(=N)c1ccnc(NC(=O)c2ccccc2)c1. The first-order valence-electron chi connectivity index (χ1n) is 8.32. The summed E-state index contributed by atoms with van der Waals surface area (Å²) in [5.41, 5.74) is 1.87. The van der Waals surface area contributed by atoms with E-state index in [2.05, 4.69) is 10.3 Å². The van der Waals surface area contributed by atoms with Crippen LogP contribution in [0.4, 0.5) is 5.82 Å². The molecule has 0 unspecified atom stereocenters. The van der Waals surface area contributed by atoms with Gasteiger partial charge in [0.15, 0.2) is 5.90 Å². The summed E-state index contributed by atoms with van der Waals surface area (Å²) >= 11 is 0. The number of hydrogen-bond donors (Lipinski definition) is 3. The van der Waals surface area contributed by atoms with Gasteiger partial charge in [-0.2, -0.15) is 0 Å². The van der Waals surface area contributed by atoms with Gasteiger partial charge in [-0.15, -0.1) is 0 Å². The van der Waals surface area contributed by atoms with Gasteiger partial charge in [-0.25, -0.2) is 4.98 Å². The van der Waals surface area contributed by atoms with E-state index < -0.39 is 0 Å². The van der Waals surface area contributed by atoms with Crippen molar-refractivity contribution in [2.24, 2.45) is 0 Å². The molecule has 3 N–H and O–H groups in total. The molecule has 6 nitrogen and oxygen atoms in total. The fourth-order valence-corrected chi connectivity index (χ4v) is 2.42. The second-order valence-corrected chi connectivity index (χ2v) is 5.77. The van der Waals surface area contributed by atoms with E-state index >= 15 is 0 Å². The molecule has 0 aliphatic carbocycles. The quantitative estimate of drug-likeness (QED) is 0.476. The molecule has 0 saturated carbocycles. The van der Waals surface area contributed by atoms with Crippen LogP contribution >= 0.6 is 0 Å². The number of hydrogen-bond acceptors (Lipinski definition) is 5. The molecule has 0 atom stereocenters. The van der Waals surface area contributed by atoms with Crippen LogP contribution in [-0.4, -0.2) is 22.7 Å². The molecule has 0 saturated heterocycles. The minimum absolute atomic E-state index is 0.0297. The van der Waals surface area contributed by atoms with Crippen LogP contribution in [0.1, 0.15) is 21.5 Å². The smallest absolute Gasteiger partial charge is 0.256 e. The molecular weight excluding hydrogens is 340 g/mol. The Morgan fingerprint density at radius 2 is 1.59 bits per heavy atom. The summed E-state index contributed by atoms with van der Waals surface area (Å²) in [4.78, 5) is 16.3. The van der Waals surface area contributed by atoms with Crippen LogP contribution < -0.4 is 5.32 Å². The number of benzene rings is 2. The summed E-state index contributed by atoms with van der Waals surface area (Å²) in [5, 5.41) is 18.7. The number of rotatable bonds is 5. The average molecular weight is 358 g/mol. The second-order valence-electron chi connectivity index (χ2n) is 5.77. The largest absolute Gasteiger partial charge is 0.425 e. The number of pyridine rings is 1. The molecule has 1 aromatic heterocycles. The first-order chi connectivity index (χ1) is 13.1. The third-order valence-electron chi connectivity index (χ3n) is 3.73. The van der Waals surface area contributed by atoms with E-state index in [1.54, 1.807) is 36.4 Å². The average Bonchev–Trinajstić information content (AvgIpc) is 2.69. The van der Waals surface area contributed by atoms with Gasteiger partial charge in [0, 0.05) is 23.7 Å². The third-order valence-corrected chi connectivity index (χ3v) is 3.73. The Hall–Kier alpha value is -3.80. The highest BCUT2D eigenvalue weighted by Crippen LogP contribution is 2.11. The van der Waals surface area contributed by atoms with E-state index in [1.807, 2.05) is 36.4 Å². The Morgan fingerprint density at radius 3 is 2.30 bits per heavy atom. The van der Waals surface area contributed by atoms with Crippen molar-refractivity contribution in [2.45, 2.75) is 6.42 Å². The van der Waals surface area contributed by atoms with Crippen LogP contribution in [0.3, 0.4) is 0 Å². The van der Waals surface area contributed by atoms with E-state index in [-0.39, 0.29) is 17.7 Å². The lowest BCUT2D eigenvalue weighted by Gasteiger charge is -2.10. The maximum atomic E-state index is 12.2. The Balaban J connectivity index is 1.63. The van der Waals surface area contributed by atoms with Crippen LogP contribution in [0, 0.1) is 10.8 Å². The zero-order valence-electron chi connectivity index (χ0n) is 14.5. The standard InChI is InChI=1S/C21H18N4O2/c22-18(13-15-7-3-1-4-8-15)27-20(23)17-11-12-24-19(14-17)25-21(26)16-9-5-2-6-10-16/h1-12,14,22-23H,13H2,(H,24,25,26). The Bertz CT molecular complexity index is 956. The Morgan fingerprint density at radius 1 is 0.926 bits per heavy atom. The highest BCUT2D eigenvalue weighted by atomic mass is 16.5. The minimum Gasteiger partial charge on any atom is -0.425 e. The molecule has 0 radical (unpaired) electrons. The van der Waals surface area contributed by atoms with Crippen LogP contribution in [0.25, 0.3) is 0 Å². The molecule has 3 aromatic rings. The van der Waals surface area contributed by atoms with E-state index in [4.69, 9.17) is 15.6 Å². The van der Waals surface area contributed by atoms with Gasteiger partial charge in [0.2, 0.25) is 5.90 Å². The molecule has 1 amide bonds. The number of ether oxygens (including phenoxy) is 1. The van der Waals surface area contributed by atoms with E-state index in [0.717, 1.165) is 5.56 Å². The summed E-state index contributed by atoms with van der Waals surface area (Å²) in [6, 6.07) is 21.4. The first-order valence-corrected chi connectivity index (χ1v) is 8.32. The molecule has 0 fully saturated rings. The molecule has 0 bridgehead atoms. The van der Waals surface area contributed by atoms with Gasteiger partial charge in [-0.05, 0) is 29.8 Å². The van der Waals surface area contributed by atoms with Crippen molar-refractivity contribution in [3.8, 4) is 0 Å². The predicted octanol–water partition coefficient (Wildman–Crippen LogP) is 3.90. The molecule has 6 heteroatoms. The number of nitrogens with one attached hydrogen (secondary N) is 3. The maximum absolute atomic E-state index is 12.2. The number of carbonyl (C=O) groups is 1. The summed E-state index contributed by atoms with van der Waals surface area (Å²) < 4.78 is 5.31. The molecule has 0 aliphatic rings. The van der Waals surface area contributed by atoms with Crippen molar-refractivity contribution < 1.29 is 9.53 Å².